The lowest BCUT2D eigenvalue weighted by molar-refractivity contribution is -0.135. The highest BCUT2D eigenvalue weighted by Gasteiger charge is 2.23. The van der Waals surface area contributed by atoms with Gasteiger partial charge < -0.3 is 32.7 Å². The summed E-state index contributed by atoms with van der Waals surface area (Å²) in [5.41, 5.74) is 2.01. The summed E-state index contributed by atoms with van der Waals surface area (Å²) in [6, 6.07) is 19.9. The van der Waals surface area contributed by atoms with Crippen LogP contribution >= 0.6 is 24.0 Å². The molecule has 7 rings (SSSR count). The van der Waals surface area contributed by atoms with E-state index in [0.717, 1.165) is 53.4 Å². The molecule has 0 radical (unpaired) electrons. The highest BCUT2D eigenvalue weighted by Crippen LogP contribution is 2.39. The van der Waals surface area contributed by atoms with Gasteiger partial charge in [-0.25, -0.2) is 4.79 Å². The van der Waals surface area contributed by atoms with Crippen molar-refractivity contribution in [3.8, 4) is 23.0 Å². The van der Waals surface area contributed by atoms with E-state index in [0.29, 0.717) is 35.0 Å². The molecule has 3 aromatic carbocycles. The number of carbonyl (C=O) groups excluding carboxylic acids is 1. The van der Waals surface area contributed by atoms with Crippen LogP contribution in [0.3, 0.4) is 0 Å². The second kappa shape index (κ2) is 15.0. The Morgan fingerprint density at radius 3 is 2.36 bits per heavy atom. The molecule has 4 heterocycles. The molecule has 2 aliphatic rings. The maximum Gasteiger partial charge on any atom is 0.336 e. The Balaban J connectivity index is 0.000000191. The first-order chi connectivity index (χ1) is 22.3. The smallest absolute Gasteiger partial charge is 0.336 e. The van der Waals surface area contributed by atoms with Crippen molar-refractivity contribution in [1.29, 1.82) is 0 Å². The van der Waals surface area contributed by atoms with E-state index in [1.807, 2.05) is 36.9 Å². The maximum atomic E-state index is 12.4. The Labute approximate surface area is 283 Å². The second-order valence-corrected chi connectivity index (χ2v) is 11.8. The van der Waals surface area contributed by atoms with Gasteiger partial charge in [0.15, 0.2) is 23.9 Å². The Hall–Kier alpha value is -4.38. The summed E-state index contributed by atoms with van der Waals surface area (Å²) in [5, 5.41) is 2.39. The van der Waals surface area contributed by atoms with Crippen LogP contribution < -0.4 is 24.6 Å². The van der Waals surface area contributed by atoms with Crippen molar-refractivity contribution in [1.82, 2.24) is 9.80 Å². The highest BCUT2D eigenvalue weighted by molar-refractivity contribution is 6.30. The summed E-state index contributed by atoms with van der Waals surface area (Å²) in [6.07, 6.45) is 0. The number of hydrogen-bond acceptors (Lipinski definition) is 9. The van der Waals surface area contributed by atoms with Crippen LogP contribution in [0.25, 0.3) is 21.9 Å². The summed E-state index contributed by atoms with van der Waals surface area (Å²) < 4.78 is 32.7. The molecule has 2 aromatic heterocycles. The number of methoxy groups -OCH3 is 1. The Kier molecular flexibility index (Phi) is 10.9. The number of ether oxygens (including phenoxy) is 4. The van der Waals surface area contributed by atoms with Crippen LogP contribution in [0.5, 0.6) is 23.0 Å². The predicted molar refractivity (Wildman–Crippen MR) is 182 cm³/mol. The van der Waals surface area contributed by atoms with Gasteiger partial charge in [-0.3, -0.25) is 9.69 Å². The average molecular weight is 684 g/mol. The standard InChI is InChI=1S/C20H21ClN2O4.C15H14O4.ClH/c21-16-2-4-17(5-3-16)25-13-20(24)23-9-7-22(8-10-23)12-15-1-6-18-19(11-15)27-14-26-18;1-8(2)14-15(17-3)10-6-9-4-5-13(16)18-11(9)7-12(10)19-14;/h1-6,11H,7-10,12-14H2;4-8H,1-3H3;1H. The fourth-order valence-electron chi connectivity index (χ4n) is 5.47. The number of hydrogen-bond donors (Lipinski definition) is 0. The number of halogens is 2. The van der Waals surface area contributed by atoms with Gasteiger partial charge in [-0.1, -0.05) is 31.5 Å². The number of fused-ring (bicyclic) bond motifs is 3. The molecule has 1 fully saturated rings. The molecular formula is C35H36Cl2N2O8. The monoisotopic (exact) mass is 682 g/mol. The van der Waals surface area contributed by atoms with Gasteiger partial charge in [0.25, 0.3) is 5.91 Å². The molecule has 1 amide bonds. The SMILES string of the molecule is COc1c(C(C)C)oc2cc3oc(=O)ccc3cc12.Cl.O=C(COc1ccc(Cl)cc1)N1CCN(Cc2ccc3c(c2)OCO3)CC1. The first-order valence-electron chi connectivity index (χ1n) is 15.1. The van der Waals surface area contributed by atoms with Crippen molar-refractivity contribution >= 4 is 51.9 Å². The molecule has 2 aliphatic heterocycles. The number of nitrogens with zero attached hydrogens (tertiary/aromatic N) is 2. The van der Waals surface area contributed by atoms with Crippen molar-refractivity contribution < 1.29 is 32.6 Å². The molecule has 0 bridgehead atoms. The van der Waals surface area contributed by atoms with Gasteiger partial charge in [0, 0.05) is 61.2 Å². The molecule has 10 nitrogen and oxygen atoms in total. The minimum atomic E-state index is -0.366. The van der Waals surface area contributed by atoms with Crippen LogP contribution in [-0.4, -0.2) is 62.4 Å². The van der Waals surface area contributed by atoms with Gasteiger partial charge in [0.2, 0.25) is 6.79 Å². The number of benzene rings is 3. The zero-order valence-electron chi connectivity index (χ0n) is 26.3. The molecule has 248 valence electrons. The Bertz CT molecular complexity index is 1900. The van der Waals surface area contributed by atoms with Crippen molar-refractivity contribution in [2.45, 2.75) is 26.3 Å². The van der Waals surface area contributed by atoms with Crippen LogP contribution in [0.2, 0.25) is 5.02 Å². The maximum absolute atomic E-state index is 12.4. The summed E-state index contributed by atoms with van der Waals surface area (Å²) in [5.74, 6) is 4.03. The van der Waals surface area contributed by atoms with E-state index in [1.165, 1.54) is 11.6 Å². The third-order valence-electron chi connectivity index (χ3n) is 7.88. The topological polar surface area (TPSA) is 104 Å². The number of piperazine rings is 1. The lowest BCUT2D eigenvalue weighted by Gasteiger charge is -2.34. The first kappa shape index (κ1) is 34.0. The molecule has 0 aliphatic carbocycles. The number of furan rings is 1. The van der Waals surface area contributed by atoms with E-state index in [4.69, 9.17) is 39.4 Å². The van der Waals surface area contributed by atoms with Crippen LogP contribution in [0.15, 0.2) is 80.4 Å². The number of amides is 1. The Morgan fingerprint density at radius 2 is 1.64 bits per heavy atom. The van der Waals surface area contributed by atoms with Gasteiger partial charge in [-0.05, 0) is 54.1 Å². The van der Waals surface area contributed by atoms with Gasteiger partial charge >= 0.3 is 5.63 Å². The van der Waals surface area contributed by atoms with E-state index in [1.54, 1.807) is 43.5 Å². The summed E-state index contributed by atoms with van der Waals surface area (Å²) in [4.78, 5) is 27.8. The lowest BCUT2D eigenvalue weighted by Crippen LogP contribution is -2.49. The molecule has 5 aromatic rings. The lowest BCUT2D eigenvalue weighted by atomic mass is 10.1. The van der Waals surface area contributed by atoms with Crippen LogP contribution in [0, 0.1) is 0 Å². The van der Waals surface area contributed by atoms with Crippen molar-refractivity contribution in [3.05, 3.63) is 93.5 Å². The Morgan fingerprint density at radius 1 is 0.894 bits per heavy atom. The number of rotatable bonds is 7. The highest BCUT2D eigenvalue weighted by atomic mass is 35.5. The predicted octanol–water partition coefficient (Wildman–Crippen LogP) is 6.88. The largest absolute Gasteiger partial charge is 0.492 e. The van der Waals surface area contributed by atoms with E-state index < -0.39 is 0 Å². The van der Waals surface area contributed by atoms with Gasteiger partial charge in [0.1, 0.15) is 22.7 Å². The van der Waals surface area contributed by atoms with Crippen LogP contribution in [-0.2, 0) is 11.3 Å². The van der Waals surface area contributed by atoms with Gasteiger partial charge in [-0.15, -0.1) is 12.4 Å². The zero-order chi connectivity index (χ0) is 32.2. The zero-order valence-corrected chi connectivity index (χ0v) is 27.9. The fraction of sp³-hybridized carbons (Fsp3) is 0.314. The first-order valence-corrected chi connectivity index (χ1v) is 15.5. The van der Waals surface area contributed by atoms with Crippen molar-refractivity contribution in [3.63, 3.8) is 0 Å². The fourth-order valence-corrected chi connectivity index (χ4v) is 5.59. The normalized spacial score (nSPS) is 14.1. The molecule has 0 spiro atoms. The molecule has 1 saturated heterocycles. The van der Waals surface area contributed by atoms with Crippen LogP contribution in [0.4, 0.5) is 0 Å². The van der Waals surface area contributed by atoms with E-state index in [9.17, 15) is 9.59 Å². The van der Waals surface area contributed by atoms with E-state index in [-0.39, 0.29) is 43.3 Å². The summed E-state index contributed by atoms with van der Waals surface area (Å²) >= 11 is 5.85. The molecule has 47 heavy (non-hydrogen) atoms. The van der Waals surface area contributed by atoms with E-state index in [2.05, 4.69) is 11.0 Å². The number of carbonyl (C=O) groups is 1. The molecule has 0 atom stereocenters. The molecule has 12 heteroatoms. The average Bonchev–Trinajstić information content (AvgIpc) is 3.68. The molecular weight excluding hydrogens is 647 g/mol. The molecule has 0 unspecified atom stereocenters. The molecule has 0 N–H and O–H groups in total. The van der Waals surface area contributed by atoms with Crippen molar-refractivity contribution in [2.75, 3.05) is 46.7 Å². The summed E-state index contributed by atoms with van der Waals surface area (Å²) in [7, 11) is 1.63. The summed E-state index contributed by atoms with van der Waals surface area (Å²) in [6.45, 7) is 8.32. The minimum absolute atomic E-state index is 0. The quantitative estimate of drug-likeness (QED) is 0.170. The van der Waals surface area contributed by atoms with Crippen molar-refractivity contribution in [2.24, 2.45) is 0 Å². The van der Waals surface area contributed by atoms with Crippen LogP contribution in [0.1, 0.15) is 31.1 Å². The third-order valence-corrected chi connectivity index (χ3v) is 8.13. The van der Waals surface area contributed by atoms with Gasteiger partial charge in [-0.2, -0.15) is 0 Å². The molecule has 0 saturated carbocycles. The second-order valence-electron chi connectivity index (χ2n) is 11.4. The van der Waals surface area contributed by atoms with Gasteiger partial charge in [0.05, 0.1) is 12.5 Å². The third kappa shape index (κ3) is 7.96. The van der Waals surface area contributed by atoms with E-state index >= 15 is 0 Å². The minimum Gasteiger partial charge on any atom is -0.492 e.